The number of carbonyl (C=O) groups is 2. The highest BCUT2D eigenvalue weighted by Gasteiger charge is 2.20. The van der Waals surface area contributed by atoms with Crippen molar-refractivity contribution >= 4 is 34.9 Å². The molecule has 0 aliphatic rings. The molecule has 0 saturated carbocycles. The van der Waals surface area contributed by atoms with Gasteiger partial charge in [-0.05, 0) is 26.8 Å². The van der Waals surface area contributed by atoms with Gasteiger partial charge in [0.05, 0.1) is 17.8 Å². The van der Waals surface area contributed by atoms with Crippen molar-refractivity contribution in [1.82, 2.24) is 0 Å². The summed E-state index contributed by atoms with van der Waals surface area (Å²) in [4.78, 5) is 23.2. The second-order valence-electron chi connectivity index (χ2n) is 5.47. The van der Waals surface area contributed by atoms with Crippen molar-refractivity contribution in [2.75, 3.05) is 19.0 Å². The highest BCUT2D eigenvalue weighted by atomic mass is 35.5. The molecule has 120 valence electrons. The minimum Gasteiger partial charge on any atom is -0.464 e. The number of methoxy groups -OCH3 is 1. The molecule has 0 amide bonds. The topological polar surface area (TPSA) is 88.5 Å². The first kappa shape index (κ1) is 18.0. The maximum absolute atomic E-state index is 11.7. The average molecular weight is 327 g/mol. The molecule has 0 atom stereocenters. The van der Waals surface area contributed by atoms with Gasteiger partial charge in [0.1, 0.15) is 17.9 Å². The van der Waals surface area contributed by atoms with Gasteiger partial charge in [-0.25, -0.2) is 4.79 Å². The zero-order valence-corrected chi connectivity index (χ0v) is 13.7. The van der Waals surface area contributed by atoms with Crippen LogP contribution in [0.4, 0.5) is 5.69 Å². The third kappa shape index (κ3) is 5.04. The molecular weight excluding hydrogens is 308 g/mol. The molecule has 0 saturated heterocycles. The van der Waals surface area contributed by atoms with Gasteiger partial charge in [0.15, 0.2) is 0 Å². The van der Waals surface area contributed by atoms with E-state index in [4.69, 9.17) is 21.7 Å². The molecule has 0 unspecified atom stereocenters. The quantitative estimate of drug-likeness (QED) is 0.641. The van der Waals surface area contributed by atoms with Crippen LogP contribution in [-0.4, -0.2) is 36.9 Å². The van der Waals surface area contributed by atoms with Gasteiger partial charge < -0.3 is 14.8 Å². The van der Waals surface area contributed by atoms with Crippen molar-refractivity contribution in [3.8, 4) is 0 Å². The van der Waals surface area contributed by atoms with Crippen molar-refractivity contribution in [2.45, 2.75) is 26.4 Å². The summed E-state index contributed by atoms with van der Waals surface area (Å²) < 4.78 is 9.71. The lowest BCUT2D eigenvalue weighted by atomic mass is 10.1. The molecule has 0 bridgehead atoms. The lowest BCUT2D eigenvalue weighted by molar-refractivity contribution is -0.152. The Morgan fingerprint density at radius 3 is 2.50 bits per heavy atom. The first-order valence-electron chi connectivity index (χ1n) is 6.57. The zero-order valence-electron chi connectivity index (χ0n) is 13.0. The third-order valence-corrected chi connectivity index (χ3v) is 2.82. The first-order chi connectivity index (χ1) is 10.2. The van der Waals surface area contributed by atoms with Gasteiger partial charge in [-0.1, -0.05) is 23.7 Å². The summed E-state index contributed by atoms with van der Waals surface area (Å²) in [5.74, 6) is -1.26. The Hall–Kier alpha value is -2.08. The second kappa shape index (κ2) is 7.26. The van der Waals surface area contributed by atoms with Crippen LogP contribution in [0, 0.1) is 5.41 Å². The standard InChI is InChI=1S/C15H19ClN2O4/c1-15(2,3)22-11(19)8-18-13-9(6-5-7-10(13)16)12(17)14(20)21-4/h5-7,17-18H,8H2,1-4H3. The Bertz CT molecular complexity index is 594. The van der Waals surface area contributed by atoms with Crippen LogP contribution >= 0.6 is 11.6 Å². The monoisotopic (exact) mass is 326 g/mol. The first-order valence-corrected chi connectivity index (χ1v) is 6.95. The molecule has 1 aromatic rings. The molecule has 0 aromatic heterocycles. The molecule has 22 heavy (non-hydrogen) atoms. The van der Waals surface area contributed by atoms with E-state index >= 15 is 0 Å². The maximum atomic E-state index is 11.7. The van der Waals surface area contributed by atoms with E-state index in [-0.39, 0.29) is 22.8 Å². The summed E-state index contributed by atoms with van der Waals surface area (Å²) in [5.41, 5.74) is -0.383. The molecule has 0 heterocycles. The smallest absolute Gasteiger partial charge is 0.356 e. The maximum Gasteiger partial charge on any atom is 0.356 e. The highest BCUT2D eigenvalue weighted by Crippen LogP contribution is 2.26. The Morgan fingerprint density at radius 2 is 1.95 bits per heavy atom. The number of benzene rings is 1. The van der Waals surface area contributed by atoms with Crippen LogP contribution in [0.5, 0.6) is 0 Å². The molecule has 0 aliphatic carbocycles. The molecule has 1 rings (SSSR count). The highest BCUT2D eigenvalue weighted by molar-refractivity contribution is 6.44. The number of nitrogens with one attached hydrogen (secondary N) is 2. The molecule has 0 fully saturated rings. The predicted octanol–water partition coefficient (Wildman–Crippen LogP) is 2.63. The summed E-state index contributed by atoms with van der Waals surface area (Å²) in [6.45, 7) is 5.15. The summed E-state index contributed by atoms with van der Waals surface area (Å²) in [6.07, 6.45) is 0. The van der Waals surface area contributed by atoms with E-state index in [2.05, 4.69) is 10.1 Å². The predicted molar refractivity (Wildman–Crippen MR) is 84.6 cm³/mol. The Kier molecular flexibility index (Phi) is 5.93. The number of carbonyl (C=O) groups excluding carboxylic acids is 2. The SMILES string of the molecule is COC(=O)C(=N)c1cccc(Cl)c1NCC(=O)OC(C)(C)C. The fraction of sp³-hybridized carbons (Fsp3) is 0.400. The number of hydrogen-bond donors (Lipinski definition) is 2. The lowest BCUT2D eigenvalue weighted by Crippen LogP contribution is -2.28. The van der Waals surface area contributed by atoms with Gasteiger partial charge in [-0.15, -0.1) is 0 Å². The van der Waals surface area contributed by atoms with Crippen molar-refractivity contribution in [3.05, 3.63) is 28.8 Å². The number of anilines is 1. The number of rotatable bonds is 5. The van der Waals surface area contributed by atoms with E-state index in [1.807, 2.05) is 0 Å². The number of hydrogen-bond acceptors (Lipinski definition) is 6. The van der Waals surface area contributed by atoms with Crippen LogP contribution in [0.3, 0.4) is 0 Å². The number of ether oxygens (including phenoxy) is 2. The van der Waals surface area contributed by atoms with Crippen molar-refractivity contribution < 1.29 is 19.1 Å². The van der Waals surface area contributed by atoms with Crippen LogP contribution in [0.15, 0.2) is 18.2 Å². The van der Waals surface area contributed by atoms with Crippen LogP contribution in [-0.2, 0) is 19.1 Å². The normalized spacial score (nSPS) is 10.8. The fourth-order valence-corrected chi connectivity index (χ4v) is 1.90. The van der Waals surface area contributed by atoms with Gasteiger partial charge in [0.25, 0.3) is 0 Å². The van der Waals surface area contributed by atoms with E-state index in [1.54, 1.807) is 39.0 Å². The molecule has 2 N–H and O–H groups in total. The summed E-state index contributed by atoms with van der Waals surface area (Å²) in [7, 11) is 1.19. The Morgan fingerprint density at radius 1 is 1.32 bits per heavy atom. The van der Waals surface area contributed by atoms with Gasteiger partial charge in [-0.3, -0.25) is 10.2 Å². The minimum absolute atomic E-state index is 0.136. The lowest BCUT2D eigenvalue weighted by Gasteiger charge is -2.20. The van der Waals surface area contributed by atoms with E-state index < -0.39 is 17.5 Å². The van der Waals surface area contributed by atoms with Crippen LogP contribution in [0.2, 0.25) is 5.02 Å². The van der Waals surface area contributed by atoms with Crippen LogP contribution < -0.4 is 5.32 Å². The largest absolute Gasteiger partial charge is 0.464 e. The molecule has 7 heteroatoms. The molecule has 0 aliphatic heterocycles. The van der Waals surface area contributed by atoms with E-state index in [0.717, 1.165) is 0 Å². The van der Waals surface area contributed by atoms with E-state index in [0.29, 0.717) is 5.69 Å². The van der Waals surface area contributed by atoms with Crippen LogP contribution in [0.1, 0.15) is 26.3 Å². The number of halogens is 1. The molecule has 0 spiro atoms. The zero-order chi connectivity index (χ0) is 16.9. The fourth-order valence-electron chi connectivity index (χ4n) is 1.66. The molecule has 6 nitrogen and oxygen atoms in total. The molecular formula is C15H19ClN2O4. The summed E-state index contributed by atoms with van der Waals surface area (Å²) >= 11 is 6.07. The third-order valence-electron chi connectivity index (χ3n) is 2.50. The van der Waals surface area contributed by atoms with E-state index in [1.165, 1.54) is 7.11 Å². The summed E-state index contributed by atoms with van der Waals surface area (Å²) in [6, 6.07) is 4.74. The summed E-state index contributed by atoms with van der Waals surface area (Å²) in [5, 5.41) is 10.9. The minimum atomic E-state index is -0.789. The Balaban J connectivity index is 2.93. The van der Waals surface area contributed by atoms with Crippen molar-refractivity contribution in [1.29, 1.82) is 5.41 Å². The molecule has 1 aromatic carbocycles. The van der Waals surface area contributed by atoms with Gasteiger partial charge in [0.2, 0.25) is 0 Å². The number of esters is 2. The van der Waals surface area contributed by atoms with Crippen LogP contribution in [0.25, 0.3) is 0 Å². The average Bonchev–Trinajstić information content (AvgIpc) is 2.42. The van der Waals surface area contributed by atoms with Crippen molar-refractivity contribution in [3.63, 3.8) is 0 Å². The number of para-hydroxylation sites is 1. The second-order valence-corrected chi connectivity index (χ2v) is 5.88. The van der Waals surface area contributed by atoms with E-state index in [9.17, 15) is 9.59 Å². The molecule has 0 radical (unpaired) electrons. The van der Waals surface area contributed by atoms with Gasteiger partial charge in [0, 0.05) is 5.56 Å². The van der Waals surface area contributed by atoms with Crippen molar-refractivity contribution in [2.24, 2.45) is 0 Å². The van der Waals surface area contributed by atoms with Gasteiger partial charge >= 0.3 is 11.9 Å². The van der Waals surface area contributed by atoms with Gasteiger partial charge in [-0.2, -0.15) is 0 Å². The Labute approximate surface area is 134 Å².